The third-order valence-electron chi connectivity index (χ3n) is 3.76. The van der Waals surface area contributed by atoms with Crippen molar-refractivity contribution in [3.05, 3.63) is 53.0 Å². The second-order valence-corrected chi connectivity index (χ2v) is 6.44. The standard InChI is InChI=1S/C18H17BrN2O3/c1-12-18(23)21(15-4-2-3-5-16(15)24-12)11-10-17(22)20-14-8-6-13(19)7-9-14/h2-9,12H,10-11H2,1H3,(H,20,22)/t12-/m0/s1. The minimum Gasteiger partial charge on any atom is -0.479 e. The Balaban J connectivity index is 1.66. The molecule has 2 aromatic carbocycles. The van der Waals surface area contributed by atoms with Crippen molar-refractivity contribution in [2.75, 3.05) is 16.8 Å². The predicted molar refractivity (Wildman–Crippen MR) is 96.3 cm³/mol. The molecule has 0 saturated carbocycles. The molecular formula is C18H17BrN2O3. The summed E-state index contributed by atoms with van der Waals surface area (Å²) >= 11 is 3.35. The Morgan fingerprint density at radius 2 is 1.92 bits per heavy atom. The molecule has 1 atom stereocenters. The quantitative estimate of drug-likeness (QED) is 0.870. The Morgan fingerprint density at radius 3 is 2.67 bits per heavy atom. The van der Waals surface area contributed by atoms with Crippen LogP contribution in [-0.4, -0.2) is 24.5 Å². The minimum absolute atomic E-state index is 0.134. The molecular weight excluding hydrogens is 372 g/mol. The minimum atomic E-state index is -0.547. The maximum atomic E-state index is 12.4. The number of anilines is 2. The summed E-state index contributed by atoms with van der Waals surface area (Å²) in [4.78, 5) is 26.1. The summed E-state index contributed by atoms with van der Waals surface area (Å²) in [6.07, 6.45) is -0.336. The summed E-state index contributed by atoms with van der Waals surface area (Å²) in [7, 11) is 0. The summed E-state index contributed by atoms with van der Waals surface area (Å²) in [5.41, 5.74) is 1.43. The van der Waals surface area contributed by atoms with Crippen LogP contribution in [0, 0.1) is 0 Å². The van der Waals surface area contributed by atoms with E-state index in [0.717, 1.165) is 10.2 Å². The number of hydrogen-bond acceptors (Lipinski definition) is 3. The fourth-order valence-electron chi connectivity index (χ4n) is 2.56. The highest BCUT2D eigenvalue weighted by molar-refractivity contribution is 9.10. The number of rotatable bonds is 4. The first-order valence-electron chi connectivity index (χ1n) is 7.67. The van der Waals surface area contributed by atoms with E-state index in [4.69, 9.17) is 4.74 Å². The van der Waals surface area contributed by atoms with Crippen molar-refractivity contribution in [2.45, 2.75) is 19.4 Å². The lowest BCUT2D eigenvalue weighted by Crippen LogP contribution is -2.45. The van der Waals surface area contributed by atoms with Gasteiger partial charge in [-0.25, -0.2) is 0 Å². The maximum Gasteiger partial charge on any atom is 0.267 e. The number of para-hydroxylation sites is 2. The zero-order chi connectivity index (χ0) is 17.1. The molecule has 6 heteroatoms. The normalized spacial score (nSPS) is 16.3. The highest BCUT2D eigenvalue weighted by Crippen LogP contribution is 2.33. The Labute approximate surface area is 148 Å². The predicted octanol–water partition coefficient (Wildman–Crippen LogP) is 3.59. The molecule has 0 aliphatic carbocycles. The molecule has 0 fully saturated rings. The number of nitrogens with zero attached hydrogens (tertiary/aromatic N) is 1. The van der Waals surface area contributed by atoms with Gasteiger partial charge in [-0.15, -0.1) is 0 Å². The fourth-order valence-corrected chi connectivity index (χ4v) is 2.82. The third-order valence-corrected chi connectivity index (χ3v) is 4.29. The third kappa shape index (κ3) is 3.59. The van der Waals surface area contributed by atoms with E-state index in [-0.39, 0.29) is 18.2 Å². The first-order valence-corrected chi connectivity index (χ1v) is 8.46. The van der Waals surface area contributed by atoms with Gasteiger partial charge in [0.25, 0.3) is 5.91 Å². The fraction of sp³-hybridized carbons (Fsp3) is 0.222. The number of fused-ring (bicyclic) bond motifs is 1. The van der Waals surface area contributed by atoms with Crippen molar-refractivity contribution >= 4 is 39.1 Å². The highest BCUT2D eigenvalue weighted by atomic mass is 79.9. The van der Waals surface area contributed by atoms with Gasteiger partial charge < -0.3 is 15.0 Å². The van der Waals surface area contributed by atoms with Crippen molar-refractivity contribution in [3.63, 3.8) is 0 Å². The van der Waals surface area contributed by atoms with E-state index in [1.54, 1.807) is 11.8 Å². The number of hydrogen-bond donors (Lipinski definition) is 1. The molecule has 0 radical (unpaired) electrons. The Hall–Kier alpha value is -2.34. The first-order chi connectivity index (χ1) is 11.5. The Morgan fingerprint density at radius 1 is 1.21 bits per heavy atom. The largest absolute Gasteiger partial charge is 0.479 e. The average molecular weight is 389 g/mol. The van der Waals surface area contributed by atoms with Crippen LogP contribution in [0.4, 0.5) is 11.4 Å². The van der Waals surface area contributed by atoms with E-state index in [1.165, 1.54) is 0 Å². The second kappa shape index (κ2) is 7.05. The molecule has 0 bridgehead atoms. The van der Waals surface area contributed by atoms with Gasteiger partial charge in [0.2, 0.25) is 5.91 Å². The van der Waals surface area contributed by atoms with Crippen LogP contribution in [0.5, 0.6) is 5.75 Å². The number of amides is 2. The average Bonchev–Trinajstić information content (AvgIpc) is 2.57. The van der Waals surface area contributed by atoms with Crippen LogP contribution < -0.4 is 15.0 Å². The van der Waals surface area contributed by atoms with Crippen molar-refractivity contribution < 1.29 is 14.3 Å². The van der Waals surface area contributed by atoms with Crippen LogP contribution in [0.25, 0.3) is 0 Å². The summed E-state index contributed by atoms with van der Waals surface area (Å²) in [5, 5.41) is 2.83. The van der Waals surface area contributed by atoms with E-state index < -0.39 is 6.10 Å². The summed E-state index contributed by atoms with van der Waals surface area (Å²) in [5.74, 6) is 0.393. The van der Waals surface area contributed by atoms with Crippen LogP contribution in [0.1, 0.15) is 13.3 Å². The van der Waals surface area contributed by atoms with Gasteiger partial charge >= 0.3 is 0 Å². The zero-order valence-corrected chi connectivity index (χ0v) is 14.7. The lowest BCUT2D eigenvalue weighted by molar-refractivity contribution is -0.125. The molecule has 0 unspecified atom stereocenters. The van der Waals surface area contributed by atoms with Crippen molar-refractivity contribution in [1.29, 1.82) is 0 Å². The van der Waals surface area contributed by atoms with Crippen LogP contribution in [0.15, 0.2) is 53.0 Å². The Bertz CT molecular complexity index is 761. The van der Waals surface area contributed by atoms with Crippen LogP contribution in [-0.2, 0) is 9.59 Å². The molecule has 0 spiro atoms. The molecule has 0 aromatic heterocycles. The van der Waals surface area contributed by atoms with Gasteiger partial charge in [-0.2, -0.15) is 0 Å². The number of halogens is 1. The summed E-state index contributed by atoms with van der Waals surface area (Å²) < 4.78 is 6.54. The van der Waals surface area contributed by atoms with Crippen molar-refractivity contribution in [1.82, 2.24) is 0 Å². The van der Waals surface area contributed by atoms with Crippen molar-refractivity contribution in [3.8, 4) is 5.75 Å². The summed E-state index contributed by atoms with van der Waals surface area (Å²) in [6.45, 7) is 2.03. The number of nitrogens with one attached hydrogen (secondary N) is 1. The van der Waals surface area contributed by atoms with E-state index >= 15 is 0 Å². The van der Waals surface area contributed by atoms with Gasteiger partial charge in [0, 0.05) is 23.1 Å². The van der Waals surface area contributed by atoms with Crippen molar-refractivity contribution in [2.24, 2.45) is 0 Å². The van der Waals surface area contributed by atoms with Gasteiger partial charge in [-0.05, 0) is 43.3 Å². The number of ether oxygens (including phenoxy) is 1. The number of carbonyl (C=O) groups excluding carboxylic acids is 2. The lowest BCUT2D eigenvalue weighted by atomic mass is 10.1. The van der Waals surface area contributed by atoms with E-state index in [9.17, 15) is 9.59 Å². The smallest absolute Gasteiger partial charge is 0.267 e. The maximum absolute atomic E-state index is 12.4. The molecule has 1 N–H and O–H groups in total. The van der Waals surface area contributed by atoms with Gasteiger partial charge in [-0.1, -0.05) is 28.1 Å². The zero-order valence-electron chi connectivity index (χ0n) is 13.2. The van der Waals surface area contributed by atoms with Gasteiger partial charge in [0.1, 0.15) is 5.75 Å². The van der Waals surface area contributed by atoms with Crippen LogP contribution in [0.2, 0.25) is 0 Å². The van der Waals surface area contributed by atoms with Crippen LogP contribution >= 0.6 is 15.9 Å². The molecule has 2 amide bonds. The number of benzene rings is 2. The molecule has 5 nitrogen and oxygen atoms in total. The summed E-state index contributed by atoms with van der Waals surface area (Å²) in [6, 6.07) is 14.7. The van der Waals surface area contributed by atoms with Gasteiger partial charge in [0.05, 0.1) is 5.69 Å². The number of carbonyl (C=O) groups is 2. The lowest BCUT2D eigenvalue weighted by Gasteiger charge is -2.32. The first kappa shape index (κ1) is 16.5. The Kier molecular flexibility index (Phi) is 4.85. The second-order valence-electron chi connectivity index (χ2n) is 5.52. The van der Waals surface area contributed by atoms with E-state index in [0.29, 0.717) is 18.0 Å². The van der Waals surface area contributed by atoms with Crippen LogP contribution in [0.3, 0.4) is 0 Å². The SMILES string of the molecule is C[C@@H]1Oc2ccccc2N(CCC(=O)Nc2ccc(Br)cc2)C1=O. The molecule has 1 aliphatic rings. The molecule has 0 saturated heterocycles. The molecule has 24 heavy (non-hydrogen) atoms. The van der Waals surface area contributed by atoms with E-state index in [1.807, 2.05) is 48.5 Å². The molecule has 1 aliphatic heterocycles. The van der Waals surface area contributed by atoms with Gasteiger partial charge in [-0.3, -0.25) is 9.59 Å². The van der Waals surface area contributed by atoms with E-state index in [2.05, 4.69) is 21.2 Å². The molecule has 3 rings (SSSR count). The highest BCUT2D eigenvalue weighted by Gasteiger charge is 2.31. The molecule has 2 aromatic rings. The van der Waals surface area contributed by atoms with Gasteiger partial charge in [0.15, 0.2) is 6.10 Å². The topological polar surface area (TPSA) is 58.6 Å². The molecule has 1 heterocycles. The monoisotopic (exact) mass is 388 g/mol. The molecule has 124 valence electrons.